The Balaban J connectivity index is 1.41. The van der Waals surface area contributed by atoms with Gasteiger partial charge >= 0.3 is 0 Å². The van der Waals surface area contributed by atoms with Crippen molar-refractivity contribution in [3.63, 3.8) is 0 Å². The van der Waals surface area contributed by atoms with E-state index in [-0.39, 0.29) is 24.1 Å². The number of hydrogen-bond acceptors (Lipinski definition) is 8. The Hall–Kier alpha value is -2.23. The lowest BCUT2D eigenvalue weighted by molar-refractivity contribution is -0.122. The number of fused-ring (bicyclic) bond motifs is 2. The SMILES string of the molecule is COC1=CCC2=NC3=C4C(N=CN3)NC(=O)C4CN(C)CCCN(C3CCCCC3)CCO[C@@H]1C2. The number of nitrogens with one attached hydrogen (secondary N) is 2. The summed E-state index contributed by atoms with van der Waals surface area (Å²) < 4.78 is 12.1. The first-order valence-electron chi connectivity index (χ1n) is 13.3. The summed E-state index contributed by atoms with van der Waals surface area (Å²) in [5, 5.41) is 6.27. The summed E-state index contributed by atoms with van der Waals surface area (Å²) in [6.45, 7) is 4.31. The highest BCUT2D eigenvalue weighted by Crippen LogP contribution is 2.31. The molecule has 0 aromatic heterocycles. The normalized spacial score (nSPS) is 31.8. The molecule has 1 amide bonds. The Kier molecular flexibility index (Phi) is 7.84. The molecule has 1 saturated carbocycles. The standard InChI is InChI=1S/C26H40N6O3/c1-31-11-6-12-32(19-7-4-3-5-8-19)13-14-35-22-15-18(9-10-21(22)34-2)29-24-23-20(16-31)26(33)30-25(23)28-17-27-24/h10,17,19-20,22,25H,3-9,11-16H2,1-2H3,(H,27,28)(H,30,33)/t20?,22-,25?/m1/s1. The van der Waals surface area contributed by atoms with Crippen molar-refractivity contribution in [2.75, 3.05) is 46.9 Å². The van der Waals surface area contributed by atoms with Crippen molar-refractivity contribution < 1.29 is 14.3 Å². The van der Waals surface area contributed by atoms with Gasteiger partial charge in [-0.25, -0.2) is 9.98 Å². The van der Waals surface area contributed by atoms with Crippen LogP contribution in [-0.4, -0.2) is 93.0 Å². The van der Waals surface area contributed by atoms with E-state index in [1.807, 2.05) is 0 Å². The van der Waals surface area contributed by atoms with Gasteiger partial charge in [0.15, 0.2) is 0 Å². The van der Waals surface area contributed by atoms with Crippen LogP contribution in [0.2, 0.25) is 0 Å². The molecule has 5 rings (SSSR count). The molecule has 2 bridgehead atoms. The van der Waals surface area contributed by atoms with Gasteiger partial charge in [0.05, 0.1) is 26.0 Å². The third-order valence-electron chi connectivity index (χ3n) is 8.01. The van der Waals surface area contributed by atoms with Gasteiger partial charge in [0.2, 0.25) is 5.91 Å². The molecule has 3 aliphatic heterocycles. The Bertz CT molecular complexity index is 907. The predicted octanol–water partition coefficient (Wildman–Crippen LogP) is 2.02. The molecule has 3 atom stereocenters. The molecular weight excluding hydrogens is 444 g/mol. The van der Waals surface area contributed by atoms with Gasteiger partial charge in [0.1, 0.15) is 23.8 Å². The average molecular weight is 485 g/mol. The fourth-order valence-electron chi connectivity index (χ4n) is 6.13. The highest BCUT2D eigenvalue weighted by molar-refractivity contribution is 5.91. The highest BCUT2D eigenvalue weighted by Gasteiger charge is 2.41. The maximum Gasteiger partial charge on any atom is 0.230 e. The fraction of sp³-hybridized carbons (Fsp3) is 0.731. The molecule has 3 heterocycles. The summed E-state index contributed by atoms with van der Waals surface area (Å²) in [4.78, 5) is 27.3. The van der Waals surface area contributed by atoms with E-state index in [4.69, 9.17) is 14.5 Å². The fourth-order valence-corrected chi connectivity index (χ4v) is 6.13. The number of nitrogens with zero attached hydrogens (tertiary/aromatic N) is 4. The van der Waals surface area contributed by atoms with Crippen LogP contribution in [0.1, 0.15) is 51.4 Å². The molecule has 35 heavy (non-hydrogen) atoms. The van der Waals surface area contributed by atoms with Crippen molar-refractivity contribution in [3.05, 3.63) is 23.2 Å². The van der Waals surface area contributed by atoms with Crippen LogP contribution in [-0.2, 0) is 14.3 Å². The van der Waals surface area contributed by atoms with Gasteiger partial charge in [-0.1, -0.05) is 19.3 Å². The number of carbonyl (C=O) groups is 1. The molecule has 2 N–H and O–H groups in total. The zero-order chi connectivity index (χ0) is 24.2. The van der Waals surface area contributed by atoms with Crippen molar-refractivity contribution in [2.24, 2.45) is 15.9 Å². The number of hydrogen-bond donors (Lipinski definition) is 2. The molecule has 1 saturated heterocycles. The van der Waals surface area contributed by atoms with Gasteiger partial charge in [-0.3, -0.25) is 9.69 Å². The summed E-state index contributed by atoms with van der Waals surface area (Å²) in [5.41, 5.74) is 1.98. The van der Waals surface area contributed by atoms with E-state index < -0.39 is 0 Å². The second-order valence-corrected chi connectivity index (χ2v) is 10.4. The van der Waals surface area contributed by atoms with Crippen molar-refractivity contribution in [3.8, 4) is 0 Å². The lowest BCUT2D eigenvalue weighted by Gasteiger charge is -2.35. The number of ether oxygens (including phenoxy) is 2. The first kappa shape index (κ1) is 24.5. The van der Waals surface area contributed by atoms with Crippen LogP contribution >= 0.6 is 0 Å². The summed E-state index contributed by atoms with van der Waals surface area (Å²) in [6, 6.07) is 0.651. The number of aliphatic imine (C=N–C) groups is 2. The average Bonchev–Trinajstić information content (AvgIpc) is 3.19. The van der Waals surface area contributed by atoms with Crippen molar-refractivity contribution >= 4 is 18.0 Å². The molecule has 192 valence electrons. The molecule has 9 heteroatoms. The lowest BCUT2D eigenvalue weighted by atomic mass is 9.94. The minimum atomic E-state index is -0.331. The van der Waals surface area contributed by atoms with Crippen molar-refractivity contribution in [1.29, 1.82) is 0 Å². The van der Waals surface area contributed by atoms with Crippen LogP contribution in [0.25, 0.3) is 0 Å². The van der Waals surface area contributed by atoms with Crippen LogP contribution in [0.5, 0.6) is 0 Å². The number of amides is 1. The number of allylic oxidation sites excluding steroid dienone is 1. The third kappa shape index (κ3) is 5.62. The Morgan fingerprint density at radius 2 is 2.00 bits per heavy atom. The largest absolute Gasteiger partial charge is 0.499 e. The molecule has 0 spiro atoms. The smallest absolute Gasteiger partial charge is 0.230 e. The maximum atomic E-state index is 12.9. The van der Waals surface area contributed by atoms with Crippen LogP contribution < -0.4 is 10.6 Å². The van der Waals surface area contributed by atoms with Crippen LogP contribution in [0.4, 0.5) is 0 Å². The monoisotopic (exact) mass is 484 g/mol. The molecule has 9 nitrogen and oxygen atoms in total. The second-order valence-electron chi connectivity index (χ2n) is 10.4. The second kappa shape index (κ2) is 11.2. The first-order chi connectivity index (χ1) is 17.1. The van der Waals surface area contributed by atoms with Gasteiger partial charge < -0.3 is 25.0 Å². The Labute approximate surface area is 208 Å². The Morgan fingerprint density at radius 1 is 1.14 bits per heavy atom. The quantitative estimate of drug-likeness (QED) is 0.623. The van der Waals surface area contributed by atoms with Crippen LogP contribution in [0.15, 0.2) is 33.2 Å². The molecule has 2 aliphatic carbocycles. The summed E-state index contributed by atoms with van der Waals surface area (Å²) in [5.74, 6) is 1.42. The van der Waals surface area contributed by atoms with Gasteiger partial charge in [-0.2, -0.15) is 0 Å². The summed E-state index contributed by atoms with van der Waals surface area (Å²) >= 11 is 0. The maximum absolute atomic E-state index is 12.9. The molecule has 0 aromatic carbocycles. The Morgan fingerprint density at radius 3 is 2.83 bits per heavy atom. The van der Waals surface area contributed by atoms with Gasteiger partial charge in [-0.05, 0) is 45.5 Å². The summed E-state index contributed by atoms with van der Waals surface area (Å²) in [7, 11) is 3.84. The van der Waals surface area contributed by atoms with E-state index in [1.54, 1.807) is 13.4 Å². The zero-order valence-corrected chi connectivity index (χ0v) is 21.2. The molecule has 2 fully saturated rings. The van der Waals surface area contributed by atoms with E-state index >= 15 is 0 Å². The highest BCUT2D eigenvalue weighted by atomic mass is 16.5. The first-order valence-corrected chi connectivity index (χ1v) is 13.3. The third-order valence-corrected chi connectivity index (χ3v) is 8.01. The number of methoxy groups -OCH3 is 1. The van der Waals surface area contributed by atoms with E-state index in [9.17, 15) is 4.79 Å². The molecule has 0 radical (unpaired) electrons. The topological polar surface area (TPSA) is 90.8 Å². The summed E-state index contributed by atoms with van der Waals surface area (Å²) in [6.07, 6.45) is 12.3. The van der Waals surface area contributed by atoms with E-state index in [1.165, 1.54) is 32.1 Å². The van der Waals surface area contributed by atoms with Gasteiger partial charge in [0, 0.05) is 43.3 Å². The molecule has 2 unspecified atom stereocenters. The van der Waals surface area contributed by atoms with Crippen molar-refractivity contribution in [2.45, 2.75) is 69.7 Å². The number of rotatable bonds is 2. The van der Waals surface area contributed by atoms with Gasteiger partial charge in [-0.15, -0.1) is 0 Å². The zero-order valence-electron chi connectivity index (χ0n) is 21.2. The van der Waals surface area contributed by atoms with E-state index in [2.05, 4.69) is 38.5 Å². The van der Waals surface area contributed by atoms with E-state index in [0.717, 1.165) is 48.9 Å². The van der Waals surface area contributed by atoms with E-state index in [0.29, 0.717) is 32.0 Å². The molecule has 0 aromatic rings. The molecular formula is C26H40N6O3. The van der Waals surface area contributed by atoms with Crippen LogP contribution in [0.3, 0.4) is 0 Å². The van der Waals surface area contributed by atoms with Gasteiger partial charge in [0.25, 0.3) is 0 Å². The number of carbonyl (C=O) groups excluding carboxylic acids is 1. The molecule has 5 aliphatic rings. The van der Waals surface area contributed by atoms with Crippen molar-refractivity contribution in [1.82, 2.24) is 20.4 Å². The lowest BCUT2D eigenvalue weighted by Crippen LogP contribution is -2.41. The van der Waals surface area contributed by atoms with Crippen LogP contribution in [0, 0.1) is 5.92 Å². The predicted molar refractivity (Wildman–Crippen MR) is 136 cm³/mol. The minimum Gasteiger partial charge on any atom is -0.499 e. The minimum absolute atomic E-state index is 0.0340.